The van der Waals surface area contributed by atoms with Crippen molar-refractivity contribution < 1.29 is 9.53 Å². The molecule has 0 aliphatic carbocycles. The van der Waals surface area contributed by atoms with Gasteiger partial charge in [-0.3, -0.25) is 9.59 Å². The quantitative estimate of drug-likeness (QED) is 0.307. The second-order valence-electron chi connectivity index (χ2n) is 11.5. The number of rotatable bonds is 5. The number of fused-ring (bicyclic) bond motifs is 6. The maximum atomic E-state index is 13.6. The third kappa shape index (κ3) is 4.71. The third-order valence-corrected chi connectivity index (χ3v) is 8.74. The average Bonchev–Trinajstić information content (AvgIpc) is 3.76. The van der Waals surface area contributed by atoms with Crippen LogP contribution in [0, 0.1) is 0 Å². The Morgan fingerprint density at radius 1 is 0.932 bits per heavy atom. The largest absolute Gasteiger partial charge is 0.482 e. The number of carbonyl (C=O) groups is 1. The number of anilines is 3. The molecule has 3 aliphatic rings. The summed E-state index contributed by atoms with van der Waals surface area (Å²) in [6.45, 7) is 5.29. The van der Waals surface area contributed by atoms with Gasteiger partial charge in [0.1, 0.15) is 11.1 Å². The number of amides is 1. The summed E-state index contributed by atoms with van der Waals surface area (Å²) in [6.07, 6.45) is 11.7. The maximum Gasteiger partial charge on any atom is 0.278 e. The van der Waals surface area contributed by atoms with Crippen LogP contribution in [0.15, 0.2) is 65.9 Å². The summed E-state index contributed by atoms with van der Waals surface area (Å²) in [5.74, 6) is 0.941. The Kier molecular flexibility index (Phi) is 6.63. The van der Waals surface area contributed by atoms with Gasteiger partial charge in [0, 0.05) is 31.5 Å². The Labute approximate surface area is 253 Å². The van der Waals surface area contributed by atoms with Crippen LogP contribution in [-0.4, -0.2) is 72.5 Å². The summed E-state index contributed by atoms with van der Waals surface area (Å²) in [7, 11) is 0. The van der Waals surface area contributed by atoms with E-state index in [0.717, 1.165) is 42.7 Å². The Morgan fingerprint density at radius 2 is 1.84 bits per heavy atom. The van der Waals surface area contributed by atoms with Crippen LogP contribution >= 0.6 is 0 Å². The first-order valence-electron chi connectivity index (χ1n) is 15.3. The Balaban J connectivity index is 1.15. The number of benzene rings is 2. The minimum Gasteiger partial charge on any atom is -0.482 e. The van der Waals surface area contributed by atoms with Gasteiger partial charge in [-0.1, -0.05) is 12.2 Å². The highest BCUT2D eigenvalue weighted by atomic mass is 16.5. The molecule has 0 atom stereocenters. The molecule has 0 unspecified atom stereocenters. The van der Waals surface area contributed by atoms with E-state index >= 15 is 0 Å². The van der Waals surface area contributed by atoms with Crippen LogP contribution < -0.4 is 20.5 Å². The molecule has 2 aromatic carbocycles. The van der Waals surface area contributed by atoms with Crippen LogP contribution in [0.1, 0.15) is 25.7 Å². The topological polar surface area (TPSA) is 115 Å². The number of allylic oxidation sites excluding steroid dienone is 2. The number of hydrogen-bond acceptors (Lipinski definition) is 8. The van der Waals surface area contributed by atoms with E-state index in [1.807, 2.05) is 42.7 Å². The molecule has 0 saturated carbocycles. The van der Waals surface area contributed by atoms with E-state index in [2.05, 4.69) is 36.9 Å². The lowest BCUT2D eigenvalue weighted by atomic mass is 10.1. The maximum absolute atomic E-state index is 13.6. The highest BCUT2D eigenvalue weighted by Crippen LogP contribution is 2.35. The van der Waals surface area contributed by atoms with Crippen LogP contribution in [0.2, 0.25) is 0 Å². The average molecular weight is 592 g/mol. The zero-order valence-corrected chi connectivity index (χ0v) is 24.4. The summed E-state index contributed by atoms with van der Waals surface area (Å²) in [5, 5.41) is 3.72. The minimum absolute atomic E-state index is 0.0201. The molecule has 3 aliphatic heterocycles. The fourth-order valence-electron chi connectivity index (χ4n) is 6.45. The van der Waals surface area contributed by atoms with E-state index in [4.69, 9.17) is 9.72 Å². The zero-order chi connectivity index (χ0) is 29.6. The molecule has 1 N–H and O–H groups in total. The molecule has 2 bridgehead atoms. The third-order valence-electron chi connectivity index (χ3n) is 8.74. The van der Waals surface area contributed by atoms with Gasteiger partial charge in [0.25, 0.3) is 11.5 Å². The molecule has 8 rings (SSSR count). The smallest absolute Gasteiger partial charge is 0.278 e. The number of hydrogen-bond donors (Lipinski definition) is 1. The lowest BCUT2D eigenvalue weighted by Crippen LogP contribution is -2.39. The summed E-state index contributed by atoms with van der Waals surface area (Å²) in [5.41, 5.74) is 4.48. The number of nitrogens with one attached hydrogen (secondary N) is 1. The van der Waals surface area contributed by atoms with Crippen molar-refractivity contribution in [2.75, 3.05) is 43.0 Å². The molecular weight excluding hydrogens is 558 g/mol. The molecule has 44 heavy (non-hydrogen) atoms. The van der Waals surface area contributed by atoms with Crippen LogP contribution in [0.4, 0.5) is 17.3 Å². The number of nitrogens with zero attached hydrogens (tertiary/aromatic N) is 8. The minimum atomic E-state index is -0.184. The fourth-order valence-corrected chi connectivity index (χ4v) is 6.45. The summed E-state index contributed by atoms with van der Waals surface area (Å²) < 4.78 is 11.4. The van der Waals surface area contributed by atoms with Crippen molar-refractivity contribution in [3.05, 3.63) is 71.4 Å². The van der Waals surface area contributed by atoms with Gasteiger partial charge < -0.3 is 24.4 Å². The van der Waals surface area contributed by atoms with Gasteiger partial charge in [-0.2, -0.15) is 4.98 Å². The van der Waals surface area contributed by atoms with Crippen molar-refractivity contribution in [3.8, 4) is 11.4 Å². The molecule has 1 saturated heterocycles. The molecule has 224 valence electrons. The highest BCUT2D eigenvalue weighted by Gasteiger charge is 2.27. The van der Waals surface area contributed by atoms with Crippen molar-refractivity contribution in [3.63, 3.8) is 0 Å². The highest BCUT2D eigenvalue weighted by molar-refractivity contribution is 5.98. The summed E-state index contributed by atoms with van der Waals surface area (Å²) >= 11 is 0. The normalized spacial score (nSPS) is 17.0. The number of ether oxygens (including phenoxy) is 1. The van der Waals surface area contributed by atoms with E-state index in [1.165, 1.54) is 25.9 Å². The van der Waals surface area contributed by atoms with E-state index in [-0.39, 0.29) is 18.1 Å². The van der Waals surface area contributed by atoms with Crippen LogP contribution in [-0.2, 0) is 17.9 Å². The Bertz CT molecular complexity index is 1980. The standard InChI is InChI=1S/C32H33N9O3/c42-29-20-44-28-10-8-23-18-27(28)39(29)13-3-1-2-4-14-40-31(43)24-19-33-32(36-30(24)41(23)40)35-22-7-9-26-25(17-22)34-21-38(26)16-15-37-11-5-6-12-37/h2,4,7-10,17-19,21H,1,3,5-6,11-16,20H2,(H,33,35,36). The lowest BCUT2D eigenvalue weighted by molar-refractivity contribution is -0.121. The molecular formula is C32H33N9O3. The van der Waals surface area contributed by atoms with Gasteiger partial charge in [-0.25, -0.2) is 19.3 Å². The van der Waals surface area contributed by atoms with Gasteiger partial charge in [-0.05, 0) is 75.2 Å². The fraction of sp³-hybridized carbons (Fsp3) is 0.344. The summed E-state index contributed by atoms with van der Waals surface area (Å²) in [4.78, 5) is 44.6. The SMILES string of the molecule is O=C1COc2ccc3cc2N1CCCC=CCn1c(=O)c2cnc(Nc4ccc5c(c4)ncn5CCN4CCCC4)nc2n1-3. The van der Waals surface area contributed by atoms with Gasteiger partial charge in [-0.15, -0.1) is 0 Å². The summed E-state index contributed by atoms with van der Waals surface area (Å²) in [6, 6.07) is 11.7. The first-order valence-corrected chi connectivity index (χ1v) is 15.3. The molecule has 3 aromatic heterocycles. The van der Waals surface area contributed by atoms with Crippen molar-refractivity contribution in [2.45, 2.75) is 38.8 Å². The molecule has 12 heteroatoms. The predicted octanol–water partition coefficient (Wildman–Crippen LogP) is 3.85. The van der Waals surface area contributed by atoms with Crippen LogP contribution in [0.25, 0.3) is 27.8 Å². The van der Waals surface area contributed by atoms with Crippen LogP contribution in [0.5, 0.6) is 5.75 Å². The van der Waals surface area contributed by atoms with Gasteiger partial charge >= 0.3 is 0 Å². The molecule has 6 heterocycles. The number of likely N-dealkylation sites (tertiary alicyclic amines) is 1. The first kappa shape index (κ1) is 26.6. The molecule has 5 aromatic rings. The van der Waals surface area contributed by atoms with E-state index in [0.29, 0.717) is 47.2 Å². The molecule has 1 amide bonds. The van der Waals surface area contributed by atoms with E-state index in [9.17, 15) is 9.59 Å². The first-order chi connectivity index (χ1) is 21.6. The second-order valence-corrected chi connectivity index (χ2v) is 11.5. The zero-order valence-electron chi connectivity index (χ0n) is 24.4. The number of aromatic nitrogens is 6. The molecule has 0 radical (unpaired) electrons. The lowest BCUT2D eigenvalue weighted by Gasteiger charge is -2.30. The van der Waals surface area contributed by atoms with Gasteiger partial charge in [0.2, 0.25) is 5.95 Å². The van der Waals surface area contributed by atoms with E-state index in [1.54, 1.807) is 20.5 Å². The predicted molar refractivity (Wildman–Crippen MR) is 168 cm³/mol. The number of carbonyl (C=O) groups excluding carboxylic acids is 1. The molecule has 1 fully saturated rings. The second kappa shape index (κ2) is 10.9. The van der Waals surface area contributed by atoms with Crippen molar-refractivity contribution in [2.24, 2.45) is 0 Å². The molecule has 12 nitrogen and oxygen atoms in total. The van der Waals surface area contributed by atoms with Crippen molar-refractivity contribution >= 4 is 45.3 Å². The number of imidazole rings is 1. The van der Waals surface area contributed by atoms with Crippen molar-refractivity contribution in [1.82, 2.24) is 33.8 Å². The van der Waals surface area contributed by atoms with Gasteiger partial charge in [0.05, 0.1) is 35.3 Å². The van der Waals surface area contributed by atoms with Crippen molar-refractivity contribution in [1.29, 1.82) is 0 Å². The van der Waals surface area contributed by atoms with E-state index < -0.39 is 0 Å². The molecule has 0 spiro atoms. The monoisotopic (exact) mass is 591 g/mol. The van der Waals surface area contributed by atoms with Crippen LogP contribution in [0.3, 0.4) is 0 Å². The Morgan fingerprint density at radius 3 is 2.75 bits per heavy atom. The Hall–Kier alpha value is -4.97. The van der Waals surface area contributed by atoms with Gasteiger partial charge in [0.15, 0.2) is 12.3 Å².